The third kappa shape index (κ3) is 6.38. The van der Waals surface area contributed by atoms with Crippen LogP contribution in [0.15, 0.2) is 61.2 Å². The fraction of sp³-hybridized carbons (Fsp3) is 0.379. The van der Waals surface area contributed by atoms with Crippen molar-refractivity contribution in [2.45, 2.75) is 12.1 Å². The summed E-state index contributed by atoms with van der Waals surface area (Å²) in [6, 6.07) is 8.54. The molecule has 13 heteroatoms. The molecule has 11 nitrogen and oxygen atoms in total. The second kappa shape index (κ2) is 13.4. The van der Waals surface area contributed by atoms with Crippen LogP contribution in [0.2, 0.25) is 5.02 Å². The van der Waals surface area contributed by atoms with Gasteiger partial charge in [-0.25, -0.2) is 0 Å². The maximum absolute atomic E-state index is 12.9. The molecule has 1 aromatic heterocycles. The Bertz CT molecular complexity index is 1490. The summed E-state index contributed by atoms with van der Waals surface area (Å²) in [5, 5.41) is 3.60. The van der Waals surface area contributed by atoms with E-state index in [4.69, 9.17) is 27.1 Å². The van der Waals surface area contributed by atoms with Crippen molar-refractivity contribution in [1.82, 2.24) is 28.7 Å². The lowest BCUT2D eigenvalue weighted by atomic mass is 9.89. The molecule has 42 heavy (non-hydrogen) atoms. The summed E-state index contributed by atoms with van der Waals surface area (Å²) >= 11 is 6.59. The van der Waals surface area contributed by atoms with Gasteiger partial charge in [-0.2, -0.15) is 17.0 Å². The second-order valence-electron chi connectivity index (χ2n) is 10.3. The van der Waals surface area contributed by atoms with Crippen LogP contribution < -0.4 is 11.1 Å². The molecule has 2 heterocycles. The molecule has 0 radical (unpaired) electrons. The van der Waals surface area contributed by atoms with Gasteiger partial charge in [0.05, 0.1) is 23.5 Å². The smallest absolute Gasteiger partial charge is 0.281 e. The van der Waals surface area contributed by atoms with Gasteiger partial charge in [-0.15, -0.1) is 0 Å². The van der Waals surface area contributed by atoms with Gasteiger partial charge in [0.2, 0.25) is 5.91 Å². The summed E-state index contributed by atoms with van der Waals surface area (Å²) in [4.78, 5) is 21.7. The Morgan fingerprint density at radius 3 is 2.60 bits per heavy atom. The van der Waals surface area contributed by atoms with Crippen LogP contribution in [-0.4, -0.2) is 105 Å². The van der Waals surface area contributed by atoms with Gasteiger partial charge in [0.15, 0.2) is 0 Å². The number of hydrogen-bond donors (Lipinski definition) is 2. The van der Waals surface area contributed by atoms with Gasteiger partial charge in [-0.05, 0) is 52.7 Å². The Morgan fingerprint density at radius 2 is 1.98 bits per heavy atom. The molecule has 2 aliphatic rings. The Kier molecular flexibility index (Phi) is 10.1. The fourth-order valence-electron chi connectivity index (χ4n) is 5.39. The molecular formula is C29H38ClN7O4S. The Morgan fingerprint density at radius 1 is 1.26 bits per heavy atom. The van der Waals surface area contributed by atoms with Crippen LogP contribution in [0.25, 0.3) is 11.6 Å². The van der Waals surface area contributed by atoms with Crippen molar-refractivity contribution in [3.63, 3.8) is 0 Å². The summed E-state index contributed by atoms with van der Waals surface area (Å²) in [7, 11) is 2.80. The van der Waals surface area contributed by atoms with Crippen molar-refractivity contribution in [2.75, 3.05) is 61.0 Å². The lowest BCUT2D eigenvalue weighted by molar-refractivity contribution is -0.124. The Hall–Kier alpha value is -3.26. The number of benzene rings is 1. The van der Waals surface area contributed by atoms with Crippen LogP contribution in [0.5, 0.6) is 0 Å². The highest BCUT2D eigenvalue weighted by atomic mass is 35.5. The number of pyridine rings is 1. The zero-order valence-electron chi connectivity index (χ0n) is 24.3. The number of hydrogen-bond acceptors (Lipinski definition) is 8. The standard InChI is InChI=1S/C29H38ClN7O4S/c1-6-35(4)25(18-31)28(33-26(38)19-41-5)24-16-20-8-7-11-32-27(20)29(22-10-9-21(30)17-23(22)24)36-12-14-37(15-13-36)42(39,40)34(2)3/h6-11,16-18,28-29H,1,12-15,19,31H2,2-5H3,(H,33,38)/b25-18-/t28-,29+/m1/s1. The van der Waals surface area contributed by atoms with Gasteiger partial charge < -0.3 is 20.7 Å². The normalized spacial score (nSPS) is 18.9. The highest BCUT2D eigenvalue weighted by molar-refractivity contribution is 7.86. The van der Waals surface area contributed by atoms with Crippen molar-refractivity contribution in [2.24, 2.45) is 5.73 Å². The number of likely N-dealkylation sites (N-methyl/N-ethyl adjacent to an activating group) is 1. The van der Waals surface area contributed by atoms with E-state index in [0.717, 1.165) is 28.0 Å². The summed E-state index contributed by atoms with van der Waals surface area (Å²) < 4.78 is 33.5. The molecule has 1 fully saturated rings. The number of carbonyl (C=O) groups is 1. The molecule has 0 bridgehead atoms. The van der Waals surface area contributed by atoms with E-state index in [9.17, 15) is 13.2 Å². The lowest BCUT2D eigenvalue weighted by Crippen LogP contribution is -2.52. The predicted molar refractivity (Wildman–Crippen MR) is 165 cm³/mol. The molecule has 2 aromatic rings. The first-order valence-corrected chi connectivity index (χ1v) is 15.2. The third-order valence-electron chi connectivity index (χ3n) is 7.53. The molecule has 226 valence electrons. The first-order valence-electron chi connectivity index (χ1n) is 13.5. The number of piperazine rings is 1. The van der Waals surface area contributed by atoms with Crippen LogP contribution in [0, 0.1) is 0 Å². The van der Waals surface area contributed by atoms with Gasteiger partial charge in [0.25, 0.3) is 10.2 Å². The van der Waals surface area contributed by atoms with E-state index in [2.05, 4.69) is 16.8 Å². The Balaban J connectivity index is 1.87. The van der Waals surface area contributed by atoms with Gasteiger partial charge in [-0.3, -0.25) is 14.7 Å². The zero-order valence-corrected chi connectivity index (χ0v) is 25.9. The van der Waals surface area contributed by atoms with Crippen LogP contribution in [-0.2, 0) is 19.7 Å². The molecule has 2 atom stereocenters. The van der Waals surface area contributed by atoms with Gasteiger partial charge >= 0.3 is 0 Å². The van der Waals surface area contributed by atoms with Crippen molar-refractivity contribution in [3.8, 4) is 0 Å². The van der Waals surface area contributed by atoms with Gasteiger partial charge in [0.1, 0.15) is 6.61 Å². The van der Waals surface area contributed by atoms with E-state index in [1.165, 1.54) is 36.0 Å². The maximum atomic E-state index is 12.9. The molecular weight excluding hydrogens is 578 g/mol. The molecule has 3 N–H and O–H groups in total. The number of rotatable bonds is 10. The van der Waals surface area contributed by atoms with E-state index in [0.29, 0.717) is 36.9 Å². The first-order chi connectivity index (χ1) is 20.0. The van der Waals surface area contributed by atoms with E-state index in [-0.39, 0.29) is 18.6 Å². The average Bonchev–Trinajstić information content (AvgIpc) is 3.11. The highest BCUT2D eigenvalue weighted by Gasteiger charge is 2.37. The van der Waals surface area contributed by atoms with Crippen molar-refractivity contribution < 1.29 is 17.9 Å². The molecule has 1 aromatic carbocycles. The summed E-state index contributed by atoms with van der Waals surface area (Å²) in [5.41, 5.74) is 10.9. The monoisotopic (exact) mass is 615 g/mol. The van der Waals surface area contributed by atoms with E-state index in [1.807, 2.05) is 36.4 Å². The SMILES string of the molecule is C=CN(C)/C(=C\N)[C@H](NC(=O)COC)C1=Cc2cccnc2[C@@H](N2CCN(S(=O)(=O)N(C)C)CC2)c2ccc(Cl)cc21. The summed E-state index contributed by atoms with van der Waals surface area (Å²) in [6.07, 6.45) is 6.81. The molecule has 1 aliphatic heterocycles. The number of nitrogens with one attached hydrogen (secondary N) is 1. The fourth-order valence-corrected chi connectivity index (χ4v) is 6.65. The number of amides is 1. The Labute approximate surface area is 253 Å². The number of nitrogens with two attached hydrogens (primary N) is 1. The molecule has 1 saturated heterocycles. The highest BCUT2D eigenvalue weighted by Crippen LogP contribution is 2.42. The summed E-state index contributed by atoms with van der Waals surface area (Å²) in [5.74, 6) is -0.325. The van der Waals surface area contributed by atoms with Crippen molar-refractivity contribution >= 4 is 39.4 Å². The van der Waals surface area contributed by atoms with Gasteiger partial charge in [-0.1, -0.05) is 30.3 Å². The van der Waals surface area contributed by atoms with Crippen LogP contribution in [0.1, 0.15) is 28.4 Å². The van der Waals surface area contributed by atoms with E-state index in [1.54, 1.807) is 24.3 Å². The quantitative estimate of drug-likeness (QED) is 0.417. The molecule has 0 spiro atoms. The van der Waals surface area contributed by atoms with Crippen molar-refractivity contribution in [3.05, 3.63) is 88.6 Å². The third-order valence-corrected chi connectivity index (χ3v) is 9.70. The molecule has 4 rings (SSSR count). The number of aromatic nitrogens is 1. The minimum atomic E-state index is -3.53. The largest absolute Gasteiger partial charge is 0.403 e. The summed E-state index contributed by atoms with van der Waals surface area (Å²) in [6.45, 7) is 5.40. The minimum absolute atomic E-state index is 0.136. The maximum Gasteiger partial charge on any atom is 0.281 e. The second-order valence-corrected chi connectivity index (χ2v) is 12.8. The van der Waals surface area contributed by atoms with E-state index < -0.39 is 16.3 Å². The number of nitrogens with zero attached hydrogens (tertiary/aromatic N) is 5. The number of ether oxygens (including phenoxy) is 1. The molecule has 0 saturated carbocycles. The number of carbonyl (C=O) groups excluding carboxylic acids is 1. The zero-order chi connectivity index (χ0) is 30.6. The number of halogens is 1. The number of fused-ring (bicyclic) bond motifs is 2. The molecule has 1 amide bonds. The van der Waals surface area contributed by atoms with Gasteiger partial charge in [0, 0.05) is 71.9 Å². The predicted octanol–water partition coefficient (Wildman–Crippen LogP) is 2.11. The lowest BCUT2D eigenvalue weighted by Gasteiger charge is -2.40. The molecule has 0 unspecified atom stereocenters. The molecule has 1 aliphatic carbocycles. The number of methoxy groups -OCH3 is 1. The van der Waals surface area contributed by atoms with E-state index >= 15 is 0 Å². The van der Waals surface area contributed by atoms with Crippen LogP contribution in [0.3, 0.4) is 0 Å². The van der Waals surface area contributed by atoms with Crippen LogP contribution in [0.4, 0.5) is 0 Å². The topological polar surface area (TPSA) is 124 Å². The minimum Gasteiger partial charge on any atom is -0.403 e. The average molecular weight is 616 g/mol. The first kappa shape index (κ1) is 31.7. The van der Waals surface area contributed by atoms with Crippen LogP contribution >= 0.6 is 11.6 Å². The van der Waals surface area contributed by atoms with Crippen molar-refractivity contribution in [1.29, 1.82) is 0 Å².